The van der Waals surface area contributed by atoms with Crippen LogP contribution < -0.4 is 11.0 Å². The predicted molar refractivity (Wildman–Crippen MR) is 68.4 cm³/mol. The van der Waals surface area contributed by atoms with Gasteiger partial charge in [0, 0.05) is 5.56 Å². The fourth-order valence-electron chi connectivity index (χ4n) is 1.49. The van der Waals surface area contributed by atoms with Gasteiger partial charge in [0.25, 0.3) is 5.91 Å². The van der Waals surface area contributed by atoms with Gasteiger partial charge < -0.3 is 4.74 Å². The molecule has 0 spiro atoms. The molecule has 0 saturated heterocycles. The molecule has 106 valence electrons. The van der Waals surface area contributed by atoms with Crippen LogP contribution in [0.5, 0.6) is 0 Å². The van der Waals surface area contributed by atoms with E-state index in [1.54, 1.807) is 36.4 Å². The van der Waals surface area contributed by atoms with Crippen molar-refractivity contribution in [1.29, 1.82) is 5.26 Å². The third-order valence-corrected chi connectivity index (χ3v) is 2.48. The van der Waals surface area contributed by atoms with Gasteiger partial charge in [0.2, 0.25) is 5.82 Å². The first-order chi connectivity index (χ1) is 10.2. The molecular weight excluding hydrogens is 276 g/mol. The number of esters is 1. The molecule has 0 atom stereocenters. The minimum absolute atomic E-state index is 0.159. The Morgan fingerprint density at radius 1 is 1.38 bits per heavy atom. The van der Waals surface area contributed by atoms with Crippen molar-refractivity contribution in [3.63, 3.8) is 0 Å². The summed E-state index contributed by atoms with van der Waals surface area (Å²) in [6.45, 7) is 0. The van der Waals surface area contributed by atoms with Crippen molar-refractivity contribution in [3.8, 4) is 6.07 Å². The number of hydrogen-bond acceptors (Lipinski definition) is 8. The van der Waals surface area contributed by atoms with Gasteiger partial charge in [-0.25, -0.2) is 10.2 Å². The molecule has 2 N–H and O–H groups in total. The molecule has 0 saturated carbocycles. The lowest BCUT2D eigenvalue weighted by Gasteiger charge is -2.17. The molecule has 0 aliphatic carbocycles. The van der Waals surface area contributed by atoms with Crippen molar-refractivity contribution in [1.82, 2.24) is 16.1 Å². The average Bonchev–Trinajstić information content (AvgIpc) is 2.96. The molecule has 0 fully saturated rings. The van der Waals surface area contributed by atoms with Crippen molar-refractivity contribution < 1.29 is 14.3 Å². The highest BCUT2D eigenvalue weighted by Gasteiger charge is 2.26. The van der Waals surface area contributed by atoms with E-state index in [9.17, 15) is 9.59 Å². The Morgan fingerprint density at radius 3 is 2.71 bits per heavy atom. The van der Waals surface area contributed by atoms with Crippen LogP contribution in [0.25, 0.3) is 0 Å². The molecule has 1 amide bonds. The van der Waals surface area contributed by atoms with Crippen LogP contribution in [0.3, 0.4) is 0 Å². The van der Waals surface area contributed by atoms with Crippen molar-refractivity contribution in [3.05, 3.63) is 47.3 Å². The largest absolute Gasteiger partial charge is 0.465 e. The summed E-state index contributed by atoms with van der Waals surface area (Å²) in [6, 6.07) is 10.0. The van der Waals surface area contributed by atoms with Crippen molar-refractivity contribution >= 4 is 11.9 Å². The highest BCUT2D eigenvalue weighted by Crippen LogP contribution is 2.14. The summed E-state index contributed by atoms with van der Waals surface area (Å²) in [7, 11) is 1.13. The van der Waals surface area contributed by atoms with Crippen LogP contribution in [0.1, 0.15) is 10.4 Å². The number of benzene rings is 1. The highest BCUT2D eigenvalue weighted by atomic mass is 16.5. The summed E-state index contributed by atoms with van der Waals surface area (Å²) in [5.74, 6) is -1.50. The first-order valence-corrected chi connectivity index (χ1v) is 5.72. The van der Waals surface area contributed by atoms with E-state index in [-0.39, 0.29) is 11.4 Å². The van der Waals surface area contributed by atoms with Gasteiger partial charge in [0.1, 0.15) is 6.07 Å². The third kappa shape index (κ3) is 2.95. The monoisotopic (exact) mass is 286 g/mol. The molecule has 1 heterocycles. The number of amides is 1. The lowest BCUT2D eigenvalue weighted by molar-refractivity contribution is -0.135. The summed E-state index contributed by atoms with van der Waals surface area (Å²) in [5.41, 5.74) is 4.76. The number of ether oxygens (including phenoxy) is 1. The smallest absolute Gasteiger partial charge is 0.352 e. The van der Waals surface area contributed by atoms with Gasteiger partial charge >= 0.3 is 5.97 Å². The van der Waals surface area contributed by atoms with E-state index in [0.29, 0.717) is 5.56 Å². The summed E-state index contributed by atoms with van der Waals surface area (Å²) < 4.78 is 4.47. The topological polar surface area (TPSA) is 119 Å². The Hall–Kier alpha value is -3.41. The number of hydrogen-bond donors (Lipinski definition) is 2. The zero-order valence-electron chi connectivity index (χ0n) is 10.9. The molecule has 1 aliphatic heterocycles. The molecule has 9 heteroatoms. The number of carbonyl (C=O) groups excluding carboxylic acids is 2. The van der Waals surface area contributed by atoms with Crippen LogP contribution in [0.15, 0.2) is 52.1 Å². The second-order valence-corrected chi connectivity index (χ2v) is 3.74. The molecule has 1 aromatic carbocycles. The molecule has 0 unspecified atom stereocenters. The first kappa shape index (κ1) is 14.0. The summed E-state index contributed by atoms with van der Waals surface area (Å²) in [6.07, 6.45) is 0. The van der Waals surface area contributed by atoms with E-state index in [0.717, 1.165) is 12.2 Å². The van der Waals surface area contributed by atoms with Gasteiger partial charge in [-0.1, -0.05) is 18.2 Å². The molecule has 1 aliphatic rings. The summed E-state index contributed by atoms with van der Waals surface area (Å²) in [4.78, 5) is 23.5. The third-order valence-electron chi connectivity index (χ3n) is 2.48. The minimum atomic E-state index is -0.880. The van der Waals surface area contributed by atoms with E-state index in [2.05, 4.69) is 26.0 Å². The van der Waals surface area contributed by atoms with Gasteiger partial charge in [-0.05, 0) is 17.4 Å². The minimum Gasteiger partial charge on any atom is -0.465 e. The molecule has 9 nitrogen and oxygen atoms in total. The molecule has 0 radical (unpaired) electrons. The van der Waals surface area contributed by atoms with E-state index in [4.69, 9.17) is 5.26 Å². The van der Waals surface area contributed by atoms with E-state index < -0.39 is 11.9 Å². The van der Waals surface area contributed by atoms with Crippen LogP contribution in [0, 0.1) is 11.3 Å². The first-order valence-electron chi connectivity index (χ1n) is 5.72. The van der Waals surface area contributed by atoms with Crippen molar-refractivity contribution in [2.75, 3.05) is 7.11 Å². The Kier molecular flexibility index (Phi) is 4.11. The normalized spacial score (nSPS) is 15.0. The molecular formula is C12H10N6O3. The maximum Gasteiger partial charge on any atom is 0.352 e. The highest BCUT2D eigenvalue weighted by molar-refractivity contribution is 5.95. The van der Waals surface area contributed by atoms with E-state index >= 15 is 0 Å². The lowest BCUT2D eigenvalue weighted by atomic mass is 10.2. The molecule has 0 aromatic heterocycles. The Labute approximate surface area is 119 Å². The summed E-state index contributed by atoms with van der Waals surface area (Å²) >= 11 is 0. The number of rotatable bonds is 3. The number of carbonyl (C=O) groups is 2. The second kappa shape index (κ2) is 6.16. The van der Waals surface area contributed by atoms with Gasteiger partial charge in [-0.2, -0.15) is 15.9 Å². The number of hydrazine groups is 2. The zero-order valence-corrected chi connectivity index (χ0v) is 10.9. The lowest BCUT2D eigenvalue weighted by Crippen LogP contribution is -2.45. The molecule has 2 rings (SSSR count). The number of nitrogens with zero attached hydrogens (tertiary/aromatic N) is 4. The van der Waals surface area contributed by atoms with Crippen molar-refractivity contribution in [2.24, 2.45) is 10.3 Å². The van der Waals surface area contributed by atoms with Crippen LogP contribution in [0.4, 0.5) is 0 Å². The number of nitrogens with one attached hydrogen (secondary N) is 2. The Bertz CT molecular complexity index is 661. The summed E-state index contributed by atoms with van der Waals surface area (Å²) in [5, 5.41) is 17.0. The average molecular weight is 286 g/mol. The Morgan fingerprint density at radius 2 is 2.10 bits per heavy atom. The van der Waals surface area contributed by atoms with E-state index in [1.807, 2.05) is 0 Å². The number of nitriles is 1. The fraction of sp³-hybridized carbons (Fsp3) is 0.0833. The SMILES string of the molecule is COC(=O)/C(C#N)=C1\N=NNN1NC(=O)c1ccccc1. The fourth-order valence-corrected chi connectivity index (χ4v) is 1.49. The predicted octanol–water partition coefficient (Wildman–Crippen LogP) is 0.427. The van der Waals surface area contributed by atoms with Crippen LogP contribution >= 0.6 is 0 Å². The molecule has 1 aromatic rings. The van der Waals surface area contributed by atoms with Crippen LogP contribution in [-0.4, -0.2) is 24.1 Å². The van der Waals surface area contributed by atoms with Crippen molar-refractivity contribution in [2.45, 2.75) is 0 Å². The Balaban J connectivity index is 2.21. The maximum absolute atomic E-state index is 12.0. The quantitative estimate of drug-likeness (QED) is 0.472. The maximum atomic E-state index is 12.0. The molecule has 21 heavy (non-hydrogen) atoms. The number of methoxy groups -OCH3 is 1. The van der Waals surface area contributed by atoms with Crippen LogP contribution in [-0.2, 0) is 9.53 Å². The van der Waals surface area contributed by atoms with E-state index in [1.165, 1.54) is 0 Å². The standard InChI is InChI=1S/C12H10N6O3/c1-21-12(20)9(7-13)10-14-16-17-18(10)15-11(19)8-5-3-2-4-6-8/h2-6H,1H3,(H,14,17)(H,15,19)/b10-9+. The van der Waals surface area contributed by atoms with Crippen LogP contribution in [0.2, 0.25) is 0 Å². The van der Waals surface area contributed by atoms with Gasteiger partial charge in [0.05, 0.1) is 7.11 Å². The molecule has 0 bridgehead atoms. The van der Waals surface area contributed by atoms with Gasteiger partial charge in [-0.15, -0.1) is 5.11 Å². The second-order valence-electron chi connectivity index (χ2n) is 3.74. The van der Waals surface area contributed by atoms with Gasteiger partial charge in [-0.3, -0.25) is 4.79 Å². The van der Waals surface area contributed by atoms with Gasteiger partial charge in [0.15, 0.2) is 5.57 Å². The zero-order chi connectivity index (χ0) is 15.2.